The van der Waals surface area contributed by atoms with E-state index in [1.807, 2.05) is 24.3 Å². The van der Waals surface area contributed by atoms with Gasteiger partial charge in [0, 0.05) is 65.2 Å². The van der Waals surface area contributed by atoms with Crippen LogP contribution in [0.15, 0.2) is 133 Å². The van der Waals surface area contributed by atoms with Gasteiger partial charge in [-0.05, 0) is 123 Å². The normalized spacial score (nSPS) is 10.6. The topological polar surface area (TPSA) is 18.5 Å². The third-order valence-corrected chi connectivity index (χ3v) is 8.04. The van der Waals surface area contributed by atoms with Crippen LogP contribution in [-0.4, -0.2) is 7.98 Å². The Kier molecular flexibility index (Phi) is 10.2. The predicted molar refractivity (Wildman–Crippen MR) is 188 cm³/mol. The molecule has 45 heavy (non-hydrogen) atoms. The molecule has 0 amide bonds. The van der Waals surface area contributed by atoms with Gasteiger partial charge in [0.25, 0.3) is 0 Å². The van der Waals surface area contributed by atoms with Crippen molar-refractivity contribution in [2.24, 2.45) is 0 Å². The van der Waals surface area contributed by atoms with Crippen LogP contribution in [0.2, 0.25) is 0 Å². The zero-order valence-electron chi connectivity index (χ0n) is 26.2. The average molecular weight is 807 g/mol. The SMILES string of the molecule is [B]Nc1ccc(N(c2ccc(C)cc2)c2ccc(-c3ccc(N(c4cc[c-]cc4)c4ccc(C)cc4)c(C)c3)cc2C)cc1.[U]. The smallest absolute Gasteiger partial charge is 0.222 e. The minimum absolute atomic E-state index is 0. The Balaban J connectivity index is 0.00000400. The molecule has 0 aliphatic rings. The third-order valence-electron chi connectivity index (χ3n) is 8.04. The van der Waals surface area contributed by atoms with E-state index in [2.05, 4.69) is 158 Å². The average Bonchev–Trinajstić information content (AvgIpc) is 3.05. The van der Waals surface area contributed by atoms with Crippen molar-refractivity contribution in [2.75, 3.05) is 15.0 Å². The molecule has 218 valence electrons. The molecule has 0 aromatic heterocycles. The molecule has 0 fully saturated rings. The Bertz CT molecular complexity index is 1870. The van der Waals surface area contributed by atoms with Gasteiger partial charge < -0.3 is 15.0 Å². The van der Waals surface area contributed by atoms with E-state index in [-0.39, 0.29) is 31.1 Å². The molecule has 0 aliphatic heterocycles. The molecule has 0 atom stereocenters. The molecule has 6 aromatic rings. The summed E-state index contributed by atoms with van der Waals surface area (Å²) in [6.07, 6.45) is 0. The van der Waals surface area contributed by atoms with E-state index in [1.54, 1.807) is 0 Å². The number of nitrogens with one attached hydrogen (secondary N) is 1. The zero-order chi connectivity index (χ0) is 30.6. The number of hydrogen-bond donors (Lipinski definition) is 1. The zero-order valence-corrected chi connectivity index (χ0v) is 30.3. The van der Waals surface area contributed by atoms with Crippen LogP contribution in [0.4, 0.5) is 39.8 Å². The summed E-state index contributed by atoms with van der Waals surface area (Å²) in [6, 6.07) is 50.3. The third kappa shape index (κ3) is 7.07. The van der Waals surface area contributed by atoms with Crippen LogP contribution in [0.5, 0.6) is 0 Å². The number of aryl methyl sites for hydroxylation is 4. The molecule has 5 heteroatoms. The van der Waals surface area contributed by atoms with Gasteiger partial charge in [-0.3, -0.25) is 0 Å². The van der Waals surface area contributed by atoms with Crippen molar-refractivity contribution in [3.63, 3.8) is 0 Å². The van der Waals surface area contributed by atoms with E-state index in [0.717, 1.165) is 39.8 Å². The van der Waals surface area contributed by atoms with Gasteiger partial charge in [0.15, 0.2) is 0 Å². The van der Waals surface area contributed by atoms with Crippen molar-refractivity contribution in [3.8, 4) is 11.1 Å². The van der Waals surface area contributed by atoms with Gasteiger partial charge in [0.05, 0.1) is 0 Å². The molecule has 0 heterocycles. The molecule has 0 saturated heterocycles. The first-order chi connectivity index (χ1) is 21.4. The van der Waals surface area contributed by atoms with Gasteiger partial charge >= 0.3 is 0 Å². The summed E-state index contributed by atoms with van der Waals surface area (Å²) in [5.41, 5.74) is 14.8. The molecule has 0 spiro atoms. The monoisotopic (exact) mass is 806 g/mol. The summed E-state index contributed by atoms with van der Waals surface area (Å²) >= 11 is 0. The van der Waals surface area contributed by atoms with Gasteiger partial charge in [0.2, 0.25) is 7.98 Å². The Morgan fingerprint density at radius 2 is 0.867 bits per heavy atom. The predicted octanol–water partition coefficient (Wildman–Crippen LogP) is 10.8. The first-order valence-electron chi connectivity index (χ1n) is 14.9. The van der Waals surface area contributed by atoms with Gasteiger partial charge in [-0.15, -0.1) is 12.1 Å². The Hall–Kier alpha value is -4.16. The van der Waals surface area contributed by atoms with Crippen LogP contribution >= 0.6 is 0 Å². The number of rotatable bonds is 8. The van der Waals surface area contributed by atoms with Crippen LogP contribution in [-0.2, 0) is 0 Å². The standard InChI is InChI=1S/C40H35BN3.U/c1-28-10-18-36(19-11-28)43(35-8-6-5-7-9-35)39-24-14-32(26-30(39)3)33-15-25-40(31(4)27-33)44(37-20-12-29(2)13-21-37)38-22-16-34(42-41)17-23-38;/h6-27,42H,1-4H3;/q-1;. The molecule has 2 radical (unpaired) electrons. The Morgan fingerprint density at radius 3 is 1.24 bits per heavy atom. The molecule has 0 bridgehead atoms. The van der Waals surface area contributed by atoms with E-state index in [9.17, 15) is 0 Å². The summed E-state index contributed by atoms with van der Waals surface area (Å²) in [6.45, 7) is 8.60. The second-order valence-electron chi connectivity index (χ2n) is 11.3. The summed E-state index contributed by atoms with van der Waals surface area (Å²) in [7, 11) is 5.64. The summed E-state index contributed by atoms with van der Waals surface area (Å²) in [4.78, 5) is 4.61. The number of nitrogens with zero attached hydrogens (tertiary/aromatic N) is 2. The van der Waals surface area contributed by atoms with E-state index in [1.165, 1.54) is 33.4 Å². The van der Waals surface area contributed by atoms with E-state index in [0.29, 0.717) is 0 Å². The number of benzene rings is 6. The fourth-order valence-electron chi connectivity index (χ4n) is 5.65. The Morgan fingerprint density at radius 1 is 0.489 bits per heavy atom. The number of hydrogen-bond acceptors (Lipinski definition) is 3. The van der Waals surface area contributed by atoms with Crippen LogP contribution < -0.4 is 15.0 Å². The van der Waals surface area contributed by atoms with Gasteiger partial charge in [-0.2, -0.15) is 18.2 Å². The van der Waals surface area contributed by atoms with Crippen LogP contribution in [0.1, 0.15) is 22.3 Å². The van der Waals surface area contributed by atoms with E-state index >= 15 is 0 Å². The van der Waals surface area contributed by atoms with E-state index in [4.69, 9.17) is 7.98 Å². The maximum Gasteiger partial charge on any atom is 0.222 e. The largest absolute Gasteiger partial charge is 0.437 e. The Labute approximate surface area is 292 Å². The summed E-state index contributed by atoms with van der Waals surface area (Å²) in [5.74, 6) is 0. The second-order valence-corrected chi connectivity index (χ2v) is 11.3. The van der Waals surface area contributed by atoms with Crippen LogP contribution in [0, 0.1) is 64.9 Å². The molecule has 6 aromatic carbocycles. The molecule has 6 rings (SSSR count). The first kappa shape index (κ1) is 32.2. The van der Waals surface area contributed by atoms with Crippen molar-refractivity contribution in [2.45, 2.75) is 27.7 Å². The molecular formula is C40H35BN3U-. The minimum Gasteiger partial charge on any atom is -0.437 e. The second kappa shape index (κ2) is 14.3. The van der Waals surface area contributed by atoms with Crippen molar-refractivity contribution in [1.82, 2.24) is 0 Å². The van der Waals surface area contributed by atoms with E-state index < -0.39 is 0 Å². The van der Waals surface area contributed by atoms with Crippen molar-refractivity contribution in [3.05, 3.63) is 162 Å². The molecule has 3 nitrogen and oxygen atoms in total. The van der Waals surface area contributed by atoms with Crippen molar-refractivity contribution in [1.29, 1.82) is 0 Å². The van der Waals surface area contributed by atoms with Gasteiger partial charge in [-0.1, -0.05) is 53.2 Å². The van der Waals surface area contributed by atoms with Gasteiger partial charge in [0.1, 0.15) is 0 Å². The van der Waals surface area contributed by atoms with Crippen molar-refractivity contribution < 1.29 is 31.1 Å². The summed E-state index contributed by atoms with van der Waals surface area (Å²) in [5, 5.41) is 2.73. The fraction of sp³-hybridized carbons (Fsp3) is 0.100. The number of anilines is 7. The van der Waals surface area contributed by atoms with Crippen LogP contribution in [0.25, 0.3) is 11.1 Å². The maximum absolute atomic E-state index is 5.64. The molecule has 1 N–H and O–H groups in total. The maximum atomic E-state index is 5.64. The fourth-order valence-corrected chi connectivity index (χ4v) is 5.65. The van der Waals surface area contributed by atoms with Gasteiger partial charge in [-0.25, -0.2) is 0 Å². The molecular weight excluding hydrogens is 771 g/mol. The minimum atomic E-state index is 0. The molecule has 0 unspecified atom stereocenters. The quantitative estimate of drug-likeness (QED) is 0.122. The molecule has 0 aliphatic carbocycles. The summed E-state index contributed by atoms with van der Waals surface area (Å²) < 4.78 is 0. The van der Waals surface area contributed by atoms with Crippen molar-refractivity contribution >= 4 is 47.8 Å². The van der Waals surface area contributed by atoms with Crippen LogP contribution in [0.3, 0.4) is 0 Å². The molecule has 0 saturated carbocycles. The first-order valence-corrected chi connectivity index (χ1v) is 14.9.